The van der Waals surface area contributed by atoms with E-state index >= 15 is 0 Å². The van der Waals surface area contributed by atoms with E-state index in [9.17, 15) is 8.78 Å². The second-order valence-electron chi connectivity index (χ2n) is 4.28. The first kappa shape index (κ1) is 16.2. The average Bonchev–Trinajstić information content (AvgIpc) is 2.55. The first-order valence-electron chi connectivity index (χ1n) is 6.55. The summed E-state index contributed by atoms with van der Waals surface area (Å²) in [4.78, 5) is 11.5. The number of nitrogens with zero attached hydrogens (tertiary/aromatic N) is 3. The van der Waals surface area contributed by atoms with Crippen molar-refractivity contribution in [2.75, 3.05) is 5.32 Å². The largest absolute Gasteiger partial charge is 0.338 e. The van der Waals surface area contributed by atoms with Crippen LogP contribution in [0.25, 0.3) is 0 Å². The smallest absolute Gasteiger partial charge is 0.172 e. The number of hydrogen-bond acceptors (Lipinski definition) is 3. The predicted molar refractivity (Wildman–Crippen MR) is 85.6 cm³/mol. The van der Waals surface area contributed by atoms with Gasteiger partial charge in [0.25, 0.3) is 0 Å². The molecular weight excluding hydrogens is 300 g/mol. The van der Waals surface area contributed by atoms with Gasteiger partial charge in [0.2, 0.25) is 0 Å². The van der Waals surface area contributed by atoms with Crippen LogP contribution in [-0.4, -0.2) is 21.6 Å². The van der Waals surface area contributed by atoms with Gasteiger partial charge in [-0.15, -0.1) is 0 Å². The lowest BCUT2D eigenvalue weighted by molar-refractivity contribution is 0.621. The van der Waals surface area contributed by atoms with Crippen LogP contribution in [0.2, 0.25) is 0 Å². The molecule has 0 saturated carbocycles. The minimum atomic E-state index is -0.557. The molecule has 5 nitrogen and oxygen atoms in total. The van der Waals surface area contributed by atoms with Gasteiger partial charge in [-0.2, -0.15) is 0 Å². The van der Waals surface area contributed by atoms with Crippen LogP contribution in [-0.2, 0) is 0 Å². The Morgan fingerprint density at radius 2 is 2.09 bits per heavy atom. The van der Waals surface area contributed by atoms with Gasteiger partial charge >= 0.3 is 0 Å². The topological polar surface area (TPSA) is 74.0 Å². The van der Waals surface area contributed by atoms with E-state index < -0.39 is 11.6 Å². The van der Waals surface area contributed by atoms with Gasteiger partial charge in [0.15, 0.2) is 11.7 Å². The molecule has 0 unspecified atom stereocenters. The standard InChI is InChI=1S/C16H13F2N5/c1-2-3-4-15(22-13-7-8-20-10-12(13)18)23-16(19)14-6-5-11(17)9-21-14/h2-10H,1H2,(H2,19,20,22,23)/b4-3+. The number of hydrogen-bond donors (Lipinski definition) is 2. The fraction of sp³-hybridized carbons (Fsp3) is 0. The highest BCUT2D eigenvalue weighted by molar-refractivity contribution is 6.12. The number of rotatable bonds is 4. The van der Waals surface area contributed by atoms with Crippen LogP contribution in [0.1, 0.15) is 5.69 Å². The second kappa shape index (κ2) is 7.69. The van der Waals surface area contributed by atoms with Crippen LogP contribution in [0.15, 0.2) is 66.6 Å². The molecule has 2 aromatic heterocycles. The molecule has 2 heterocycles. The molecule has 0 aromatic carbocycles. The van der Waals surface area contributed by atoms with Gasteiger partial charge in [-0.1, -0.05) is 18.7 Å². The molecule has 0 fully saturated rings. The van der Waals surface area contributed by atoms with E-state index in [1.54, 1.807) is 6.08 Å². The molecule has 0 aliphatic rings. The number of anilines is 1. The van der Waals surface area contributed by atoms with Crippen molar-refractivity contribution < 1.29 is 8.78 Å². The second-order valence-corrected chi connectivity index (χ2v) is 4.28. The summed E-state index contributed by atoms with van der Waals surface area (Å²) >= 11 is 0. The monoisotopic (exact) mass is 313 g/mol. The van der Waals surface area contributed by atoms with Crippen LogP contribution in [0.3, 0.4) is 0 Å². The zero-order valence-electron chi connectivity index (χ0n) is 12.0. The lowest BCUT2D eigenvalue weighted by atomic mass is 10.3. The third-order valence-corrected chi connectivity index (χ3v) is 2.63. The molecule has 0 atom stereocenters. The molecule has 116 valence electrons. The highest BCUT2D eigenvalue weighted by Crippen LogP contribution is 2.11. The molecule has 0 spiro atoms. The summed E-state index contributed by atoms with van der Waals surface area (Å²) < 4.78 is 26.5. The summed E-state index contributed by atoms with van der Waals surface area (Å²) in [6, 6.07) is 3.96. The fourth-order valence-corrected chi connectivity index (χ4v) is 1.57. The molecule has 0 aliphatic carbocycles. The van der Waals surface area contributed by atoms with E-state index in [0.717, 1.165) is 12.4 Å². The van der Waals surface area contributed by atoms with Gasteiger partial charge in [-0.3, -0.25) is 10.4 Å². The molecular formula is C16H13F2N5. The highest BCUT2D eigenvalue weighted by atomic mass is 19.1. The number of aromatic nitrogens is 2. The van der Waals surface area contributed by atoms with Crippen molar-refractivity contribution in [3.8, 4) is 0 Å². The number of amidine groups is 2. The number of aliphatic imine (C=N–C) groups is 1. The van der Waals surface area contributed by atoms with E-state index in [4.69, 9.17) is 5.41 Å². The fourth-order valence-electron chi connectivity index (χ4n) is 1.57. The number of pyridine rings is 2. The third kappa shape index (κ3) is 4.63. The minimum absolute atomic E-state index is 0.160. The Morgan fingerprint density at radius 3 is 2.74 bits per heavy atom. The number of nitrogens with one attached hydrogen (secondary N) is 2. The van der Waals surface area contributed by atoms with E-state index in [0.29, 0.717) is 0 Å². The van der Waals surface area contributed by atoms with E-state index in [2.05, 4.69) is 26.9 Å². The molecule has 7 heteroatoms. The number of allylic oxidation sites excluding steroid dienone is 2. The van der Waals surface area contributed by atoms with Crippen LogP contribution in [0.4, 0.5) is 14.5 Å². The van der Waals surface area contributed by atoms with E-state index in [1.807, 2.05) is 0 Å². The van der Waals surface area contributed by atoms with Crippen molar-refractivity contribution in [2.24, 2.45) is 4.99 Å². The lowest BCUT2D eigenvalue weighted by Crippen LogP contribution is -2.13. The van der Waals surface area contributed by atoms with Crippen LogP contribution in [0, 0.1) is 17.0 Å². The van der Waals surface area contributed by atoms with Crippen molar-refractivity contribution in [1.29, 1.82) is 5.41 Å². The van der Waals surface area contributed by atoms with Gasteiger partial charge in [0.1, 0.15) is 17.3 Å². The maximum absolute atomic E-state index is 13.6. The maximum Gasteiger partial charge on any atom is 0.172 e. The highest BCUT2D eigenvalue weighted by Gasteiger charge is 2.06. The summed E-state index contributed by atoms with van der Waals surface area (Å²) in [5, 5.41) is 10.7. The molecule has 0 saturated heterocycles. The van der Waals surface area contributed by atoms with Crippen molar-refractivity contribution in [3.05, 3.63) is 78.9 Å². The molecule has 2 aromatic rings. The Morgan fingerprint density at radius 1 is 1.26 bits per heavy atom. The maximum atomic E-state index is 13.6. The normalized spacial score (nSPS) is 11.5. The predicted octanol–water partition coefficient (Wildman–Crippen LogP) is 3.33. The quantitative estimate of drug-likeness (QED) is 0.516. The first-order chi connectivity index (χ1) is 11.1. The summed E-state index contributed by atoms with van der Waals surface area (Å²) in [7, 11) is 0. The molecule has 0 bridgehead atoms. The van der Waals surface area contributed by atoms with Crippen LogP contribution < -0.4 is 5.32 Å². The molecule has 0 radical (unpaired) electrons. The van der Waals surface area contributed by atoms with Gasteiger partial charge in [-0.05, 0) is 24.3 Å². The van der Waals surface area contributed by atoms with Crippen molar-refractivity contribution in [2.45, 2.75) is 0 Å². The third-order valence-electron chi connectivity index (χ3n) is 2.63. The van der Waals surface area contributed by atoms with Gasteiger partial charge in [0.05, 0.1) is 18.1 Å². The Balaban J connectivity index is 2.28. The van der Waals surface area contributed by atoms with Crippen molar-refractivity contribution in [3.63, 3.8) is 0 Å². The zero-order valence-corrected chi connectivity index (χ0v) is 12.0. The van der Waals surface area contributed by atoms with Gasteiger partial charge in [0, 0.05) is 6.20 Å². The zero-order chi connectivity index (χ0) is 16.7. The SMILES string of the molecule is C=C/C=C/C(=N\C(=N)c1ccc(F)cn1)Nc1ccncc1F. The average molecular weight is 313 g/mol. The van der Waals surface area contributed by atoms with E-state index in [1.165, 1.54) is 36.5 Å². The van der Waals surface area contributed by atoms with Crippen LogP contribution >= 0.6 is 0 Å². The molecule has 0 amide bonds. The molecule has 0 aliphatic heterocycles. The summed E-state index contributed by atoms with van der Waals surface area (Å²) in [5.41, 5.74) is 0.347. The van der Waals surface area contributed by atoms with Crippen molar-refractivity contribution in [1.82, 2.24) is 9.97 Å². The minimum Gasteiger partial charge on any atom is -0.338 e. The molecule has 2 rings (SSSR count). The molecule has 2 N–H and O–H groups in total. The summed E-state index contributed by atoms with van der Waals surface area (Å²) in [6.45, 7) is 3.54. The Hall–Kier alpha value is -3.22. The first-order valence-corrected chi connectivity index (χ1v) is 6.55. The van der Waals surface area contributed by atoms with Crippen LogP contribution in [0.5, 0.6) is 0 Å². The van der Waals surface area contributed by atoms with Crippen molar-refractivity contribution >= 4 is 17.4 Å². The number of halogens is 2. The Kier molecular flexibility index (Phi) is 5.40. The summed E-state index contributed by atoms with van der Waals surface area (Å²) in [6.07, 6.45) is 8.09. The van der Waals surface area contributed by atoms with E-state index in [-0.39, 0.29) is 23.1 Å². The van der Waals surface area contributed by atoms with Gasteiger partial charge < -0.3 is 5.32 Å². The Labute approximate surface area is 131 Å². The molecule has 23 heavy (non-hydrogen) atoms. The Bertz CT molecular complexity index is 766. The lowest BCUT2D eigenvalue weighted by Gasteiger charge is -2.07. The summed E-state index contributed by atoms with van der Waals surface area (Å²) in [5.74, 6) is -1.06. The van der Waals surface area contributed by atoms with Gasteiger partial charge in [-0.25, -0.2) is 18.8 Å².